The molecule has 2 aromatic carbocycles. The molecule has 0 aliphatic carbocycles. The molecule has 0 saturated carbocycles. The van der Waals surface area contributed by atoms with Crippen molar-refractivity contribution < 1.29 is 18.6 Å². The molecule has 0 unspecified atom stereocenters. The van der Waals surface area contributed by atoms with Crippen molar-refractivity contribution in [3.8, 4) is 5.75 Å². The monoisotopic (exact) mass is 321 g/mol. The van der Waals surface area contributed by atoms with Gasteiger partial charge in [0.05, 0.1) is 23.4 Å². The molecular formula is C14H9ClFN3O3. The molecule has 0 fully saturated rings. The van der Waals surface area contributed by atoms with Crippen molar-refractivity contribution >= 4 is 34.2 Å². The fraction of sp³-hybridized carbons (Fsp3) is 0.0714. The first-order valence-electron chi connectivity index (χ1n) is 6.16. The van der Waals surface area contributed by atoms with E-state index in [1.807, 2.05) is 0 Å². The lowest BCUT2D eigenvalue weighted by molar-refractivity contribution is 0.102. The number of halogens is 2. The van der Waals surface area contributed by atoms with Crippen LogP contribution in [-0.2, 0) is 0 Å². The molecule has 1 amide bonds. The van der Waals surface area contributed by atoms with E-state index in [1.165, 1.54) is 19.2 Å². The Morgan fingerprint density at radius 3 is 2.77 bits per heavy atom. The smallest absolute Gasteiger partial charge is 0.260 e. The average Bonchev–Trinajstić information content (AvgIpc) is 2.97. The Hall–Kier alpha value is -2.67. The van der Waals surface area contributed by atoms with Gasteiger partial charge in [-0.05, 0) is 34.6 Å². The number of nitrogens with zero attached hydrogens (tertiary/aromatic N) is 2. The highest BCUT2D eigenvalue weighted by atomic mass is 35.5. The second-order valence-electron chi connectivity index (χ2n) is 4.33. The summed E-state index contributed by atoms with van der Waals surface area (Å²) in [4.78, 5) is 12.2. The minimum absolute atomic E-state index is 0.0144. The molecule has 0 aliphatic heterocycles. The Balaban J connectivity index is 2.00. The second-order valence-corrected chi connectivity index (χ2v) is 4.73. The van der Waals surface area contributed by atoms with E-state index in [9.17, 15) is 9.18 Å². The van der Waals surface area contributed by atoms with Crippen LogP contribution in [0.1, 0.15) is 10.4 Å². The van der Waals surface area contributed by atoms with E-state index in [0.29, 0.717) is 22.5 Å². The molecule has 3 rings (SSSR count). The van der Waals surface area contributed by atoms with E-state index in [0.717, 1.165) is 6.07 Å². The van der Waals surface area contributed by atoms with Gasteiger partial charge >= 0.3 is 0 Å². The lowest BCUT2D eigenvalue weighted by Crippen LogP contribution is -2.14. The van der Waals surface area contributed by atoms with Gasteiger partial charge in [0.25, 0.3) is 5.91 Å². The van der Waals surface area contributed by atoms with Crippen LogP contribution in [0.3, 0.4) is 0 Å². The second kappa shape index (κ2) is 5.61. The lowest BCUT2D eigenvalue weighted by atomic mass is 10.2. The minimum Gasteiger partial charge on any atom is -0.494 e. The number of benzene rings is 2. The van der Waals surface area contributed by atoms with Crippen molar-refractivity contribution in [1.82, 2.24) is 10.3 Å². The third kappa shape index (κ3) is 2.35. The molecule has 0 atom stereocenters. The predicted octanol–water partition coefficient (Wildman–Crippen LogP) is 3.28. The Bertz CT molecular complexity index is 845. The number of aromatic nitrogens is 2. The van der Waals surface area contributed by atoms with Gasteiger partial charge in [-0.15, -0.1) is 0 Å². The van der Waals surface area contributed by atoms with Gasteiger partial charge in [-0.3, -0.25) is 4.79 Å². The van der Waals surface area contributed by atoms with Gasteiger partial charge in [-0.1, -0.05) is 17.7 Å². The van der Waals surface area contributed by atoms with Crippen LogP contribution >= 0.6 is 11.6 Å². The van der Waals surface area contributed by atoms with Gasteiger partial charge < -0.3 is 10.1 Å². The van der Waals surface area contributed by atoms with E-state index in [-0.39, 0.29) is 10.6 Å². The first kappa shape index (κ1) is 14.3. The number of fused-ring (bicyclic) bond motifs is 1. The molecule has 6 nitrogen and oxygen atoms in total. The number of carbonyl (C=O) groups excluding carboxylic acids is 1. The summed E-state index contributed by atoms with van der Waals surface area (Å²) in [7, 11) is 1.47. The molecule has 0 saturated heterocycles. The number of rotatable bonds is 3. The van der Waals surface area contributed by atoms with E-state index < -0.39 is 11.7 Å². The van der Waals surface area contributed by atoms with Gasteiger partial charge in [0.1, 0.15) is 5.82 Å². The van der Waals surface area contributed by atoms with Crippen LogP contribution < -0.4 is 10.1 Å². The van der Waals surface area contributed by atoms with Gasteiger partial charge in [-0.25, -0.2) is 9.02 Å². The standard InChI is InChI=1S/C14H9ClFN3O3/c1-21-10-6-5-9(12-13(10)19-22-18-12)17-14(20)11-7(15)3-2-4-8(11)16/h2-6H,1H3,(H,17,20). The Morgan fingerprint density at radius 1 is 1.27 bits per heavy atom. The molecular weight excluding hydrogens is 313 g/mol. The van der Waals surface area contributed by atoms with E-state index in [4.69, 9.17) is 16.3 Å². The zero-order chi connectivity index (χ0) is 15.7. The Labute approximate surface area is 128 Å². The number of hydrogen-bond donors (Lipinski definition) is 1. The molecule has 22 heavy (non-hydrogen) atoms. The number of nitrogens with one attached hydrogen (secondary N) is 1. The first-order valence-corrected chi connectivity index (χ1v) is 6.54. The summed E-state index contributed by atoms with van der Waals surface area (Å²) < 4.78 is 23.5. The number of ether oxygens (including phenoxy) is 1. The zero-order valence-electron chi connectivity index (χ0n) is 11.3. The maximum Gasteiger partial charge on any atom is 0.260 e. The van der Waals surface area contributed by atoms with Crippen molar-refractivity contribution in [1.29, 1.82) is 0 Å². The van der Waals surface area contributed by atoms with E-state index >= 15 is 0 Å². The Kier molecular flexibility index (Phi) is 3.64. The largest absolute Gasteiger partial charge is 0.494 e. The quantitative estimate of drug-likeness (QED) is 0.801. The van der Waals surface area contributed by atoms with Crippen LogP contribution in [0.4, 0.5) is 10.1 Å². The van der Waals surface area contributed by atoms with Crippen LogP contribution in [0.25, 0.3) is 11.0 Å². The predicted molar refractivity (Wildman–Crippen MR) is 77.7 cm³/mol. The molecule has 0 aliphatic rings. The molecule has 0 spiro atoms. The maximum atomic E-state index is 13.8. The maximum absolute atomic E-state index is 13.8. The summed E-state index contributed by atoms with van der Waals surface area (Å²) in [6.45, 7) is 0. The summed E-state index contributed by atoms with van der Waals surface area (Å²) in [5.74, 6) is -0.969. The highest BCUT2D eigenvalue weighted by Crippen LogP contribution is 2.29. The molecule has 0 bridgehead atoms. The minimum atomic E-state index is -0.715. The van der Waals surface area contributed by atoms with Gasteiger partial charge in [0.15, 0.2) is 16.8 Å². The zero-order valence-corrected chi connectivity index (χ0v) is 12.0. The summed E-state index contributed by atoms with van der Waals surface area (Å²) in [6, 6.07) is 7.15. The molecule has 1 N–H and O–H groups in total. The summed E-state index contributed by atoms with van der Waals surface area (Å²) in [5.41, 5.74) is 0.700. The summed E-state index contributed by atoms with van der Waals surface area (Å²) in [6.07, 6.45) is 0. The van der Waals surface area contributed by atoms with Gasteiger partial charge in [0.2, 0.25) is 0 Å². The van der Waals surface area contributed by atoms with Crippen LogP contribution in [0.5, 0.6) is 5.75 Å². The molecule has 1 aromatic heterocycles. The fourth-order valence-electron chi connectivity index (χ4n) is 2.01. The first-order chi connectivity index (χ1) is 10.6. The number of hydrogen-bond acceptors (Lipinski definition) is 5. The lowest BCUT2D eigenvalue weighted by Gasteiger charge is -2.08. The fourth-order valence-corrected chi connectivity index (χ4v) is 2.26. The normalized spacial score (nSPS) is 10.7. The third-order valence-electron chi connectivity index (χ3n) is 3.04. The van der Waals surface area contributed by atoms with Crippen molar-refractivity contribution in [2.45, 2.75) is 0 Å². The third-order valence-corrected chi connectivity index (χ3v) is 3.35. The highest BCUT2D eigenvalue weighted by Gasteiger charge is 2.19. The van der Waals surface area contributed by atoms with Crippen molar-refractivity contribution in [3.05, 3.63) is 46.7 Å². The van der Waals surface area contributed by atoms with Crippen molar-refractivity contribution in [2.24, 2.45) is 0 Å². The summed E-state index contributed by atoms with van der Waals surface area (Å²) >= 11 is 5.87. The molecule has 112 valence electrons. The number of anilines is 1. The van der Waals surface area contributed by atoms with E-state index in [2.05, 4.69) is 20.3 Å². The van der Waals surface area contributed by atoms with Crippen molar-refractivity contribution in [2.75, 3.05) is 12.4 Å². The SMILES string of the molecule is COc1ccc(NC(=O)c2c(F)cccc2Cl)c2nonc12. The van der Waals surface area contributed by atoms with Crippen LogP contribution in [0.15, 0.2) is 35.0 Å². The van der Waals surface area contributed by atoms with Gasteiger partial charge in [-0.2, -0.15) is 0 Å². The number of methoxy groups -OCH3 is 1. The van der Waals surface area contributed by atoms with Crippen molar-refractivity contribution in [3.63, 3.8) is 0 Å². The molecule has 1 heterocycles. The highest BCUT2D eigenvalue weighted by molar-refractivity contribution is 6.34. The molecule has 0 radical (unpaired) electrons. The number of amides is 1. The Morgan fingerprint density at radius 2 is 2.05 bits per heavy atom. The summed E-state index contributed by atoms with van der Waals surface area (Å²) in [5, 5.41) is 9.97. The number of carbonyl (C=O) groups is 1. The van der Waals surface area contributed by atoms with Crippen LogP contribution in [0, 0.1) is 5.82 Å². The topological polar surface area (TPSA) is 77.2 Å². The molecule has 8 heteroatoms. The van der Waals surface area contributed by atoms with E-state index in [1.54, 1.807) is 12.1 Å². The van der Waals surface area contributed by atoms with Gasteiger partial charge in [0, 0.05) is 0 Å². The van der Waals surface area contributed by atoms with Crippen LogP contribution in [-0.4, -0.2) is 23.3 Å². The molecule has 3 aromatic rings. The van der Waals surface area contributed by atoms with Crippen LogP contribution in [0.2, 0.25) is 5.02 Å². The average molecular weight is 322 g/mol.